The molecule has 1 unspecified atom stereocenters. The first-order valence-corrected chi connectivity index (χ1v) is 6.13. The van der Waals surface area contributed by atoms with E-state index in [0.717, 1.165) is 19.5 Å². The van der Waals surface area contributed by atoms with Gasteiger partial charge >= 0.3 is 6.03 Å². The van der Waals surface area contributed by atoms with E-state index in [1.54, 1.807) is 0 Å². The van der Waals surface area contributed by atoms with Crippen LogP contribution >= 0.6 is 0 Å². The van der Waals surface area contributed by atoms with E-state index in [-0.39, 0.29) is 6.03 Å². The maximum absolute atomic E-state index is 11.7. The lowest BCUT2D eigenvalue weighted by Crippen LogP contribution is -2.53. The predicted octanol–water partition coefficient (Wildman–Crippen LogP) is 2.37. The van der Waals surface area contributed by atoms with E-state index in [9.17, 15) is 4.79 Å². The number of carbonyl (C=O) groups is 1. The number of nitrogens with zero attached hydrogens (tertiary/aromatic N) is 1. The van der Waals surface area contributed by atoms with Crippen molar-refractivity contribution in [1.82, 2.24) is 10.2 Å². The van der Waals surface area contributed by atoms with Crippen LogP contribution in [0.2, 0.25) is 0 Å². The van der Waals surface area contributed by atoms with Crippen LogP contribution in [0, 0.1) is 5.41 Å². The van der Waals surface area contributed by atoms with Gasteiger partial charge in [-0.05, 0) is 31.1 Å². The van der Waals surface area contributed by atoms with Crippen LogP contribution in [-0.4, -0.2) is 30.1 Å². The fourth-order valence-corrected chi connectivity index (χ4v) is 2.92. The summed E-state index contributed by atoms with van der Waals surface area (Å²) < 4.78 is 0. The molecule has 3 nitrogen and oxygen atoms in total. The van der Waals surface area contributed by atoms with Crippen molar-refractivity contribution in [2.75, 3.05) is 13.1 Å². The fraction of sp³-hybridized carbons (Fsp3) is 0.917. The fourth-order valence-electron chi connectivity index (χ4n) is 2.92. The van der Waals surface area contributed by atoms with Crippen molar-refractivity contribution in [1.29, 1.82) is 0 Å². The van der Waals surface area contributed by atoms with Gasteiger partial charge in [-0.15, -0.1) is 0 Å². The Bertz CT molecular complexity index is 250. The third-order valence-electron chi connectivity index (χ3n) is 3.73. The second-order valence-electron chi connectivity index (χ2n) is 5.69. The molecule has 1 saturated carbocycles. The van der Waals surface area contributed by atoms with Gasteiger partial charge in [-0.3, -0.25) is 0 Å². The molecule has 2 fully saturated rings. The topological polar surface area (TPSA) is 32.3 Å². The van der Waals surface area contributed by atoms with Crippen molar-refractivity contribution >= 4 is 6.03 Å². The molecule has 1 N–H and O–H groups in total. The molecule has 0 bridgehead atoms. The van der Waals surface area contributed by atoms with E-state index in [2.05, 4.69) is 24.1 Å². The molecule has 1 atom stereocenters. The molecule has 1 aliphatic carbocycles. The number of urea groups is 1. The number of amides is 2. The number of hydrogen-bond acceptors (Lipinski definition) is 1. The first-order chi connectivity index (χ1) is 7.08. The maximum atomic E-state index is 11.7. The zero-order valence-corrected chi connectivity index (χ0v) is 9.88. The van der Waals surface area contributed by atoms with Gasteiger partial charge in [0.1, 0.15) is 0 Å². The average Bonchev–Trinajstić information content (AvgIpc) is 2.17. The SMILES string of the molecule is CC1(C)CCCC(N2CCCNC2=O)C1. The van der Waals surface area contributed by atoms with Crippen molar-refractivity contribution in [2.45, 2.75) is 52.0 Å². The van der Waals surface area contributed by atoms with Crippen LogP contribution < -0.4 is 5.32 Å². The van der Waals surface area contributed by atoms with E-state index in [1.165, 1.54) is 25.7 Å². The Hall–Kier alpha value is -0.730. The van der Waals surface area contributed by atoms with Crippen LogP contribution in [-0.2, 0) is 0 Å². The van der Waals surface area contributed by atoms with Crippen LogP contribution in [0.3, 0.4) is 0 Å². The van der Waals surface area contributed by atoms with Crippen molar-refractivity contribution in [3.8, 4) is 0 Å². The summed E-state index contributed by atoms with van der Waals surface area (Å²) in [6.45, 7) is 6.44. The molecule has 1 aliphatic heterocycles. The molecule has 15 heavy (non-hydrogen) atoms. The Morgan fingerprint density at radius 3 is 2.87 bits per heavy atom. The van der Waals surface area contributed by atoms with E-state index >= 15 is 0 Å². The molecule has 86 valence electrons. The minimum Gasteiger partial charge on any atom is -0.338 e. The van der Waals surface area contributed by atoms with Gasteiger partial charge < -0.3 is 10.2 Å². The summed E-state index contributed by atoms with van der Waals surface area (Å²) in [6.07, 6.45) is 6.03. The summed E-state index contributed by atoms with van der Waals surface area (Å²) in [7, 11) is 0. The molecule has 0 aromatic rings. The largest absolute Gasteiger partial charge is 0.338 e. The Morgan fingerprint density at radius 1 is 1.40 bits per heavy atom. The highest BCUT2D eigenvalue weighted by Gasteiger charge is 2.34. The molecular weight excluding hydrogens is 188 g/mol. The van der Waals surface area contributed by atoms with Gasteiger partial charge in [-0.1, -0.05) is 20.3 Å². The second-order valence-corrected chi connectivity index (χ2v) is 5.69. The smallest absolute Gasteiger partial charge is 0.317 e. The minimum absolute atomic E-state index is 0.156. The van der Waals surface area contributed by atoms with Gasteiger partial charge in [0, 0.05) is 19.1 Å². The summed E-state index contributed by atoms with van der Waals surface area (Å²) in [5, 5.41) is 2.94. The Balaban J connectivity index is 2.00. The first-order valence-electron chi connectivity index (χ1n) is 6.13. The molecule has 0 radical (unpaired) electrons. The molecule has 0 aromatic carbocycles. The Kier molecular flexibility index (Phi) is 2.89. The van der Waals surface area contributed by atoms with Gasteiger partial charge in [0.25, 0.3) is 0 Å². The molecule has 2 rings (SSSR count). The molecule has 1 heterocycles. The second kappa shape index (κ2) is 4.03. The van der Waals surface area contributed by atoms with Crippen molar-refractivity contribution in [3.05, 3.63) is 0 Å². The molecular formula is C12H22N2O. The lowest BCUT2D eigenvalue weighted by molar-refractivity contribution is 0.101. The van der Waals surface area contributed by atoms with Crippen LogP contribution in [0.25, 0.3) is 0 Å². The van der Waals surface area contributed by atoms with Gasteiger partial charge in [0.05, 0.1) is 0 Å². The minimum atomic E-state index is 0.156. The molecule has 2 amide bonds. The van der Waals surface area contributed by atoms with Crippen LogP contribution in [0.1, 0.15) is 46.0 Å². The summed E-state index contributed by atoms with van der Waals surface area (Å²) in [5.41, 5.74) is 0.417. The standard InChI is InChI=1S/C12H22N2O/c1-12(2)6-3-5-10(9-12)14-8-4-7-13-11(14)15/h10H,3-9H2,1-2H3,(H,13,15). The van der Waals surface area contributed by atoms with Gasteiger partial charge in [0.2, 0.25) is 0 Å². The highest BCUT2D eigenvalue weighted by molar-refractivity contribution is 5.75. The van der Waals surface area contributed by atoms with Crippen LogP contribution in [0.5, 0.6) is 0 Å². The van der Waals surface area contributed by atoms with E-state index in [4.69, 9.17) is 0 Å². The number of carbonyl (C=O) groups excluding carboxylic acids is 1. The van der Waals surface area contributed by atoms with Crippen molar-refractivity contribution < 1.29 is 4.79 Å². The zero-order valence-electron chi connectivity index (χ0n) is 9.88. The number of hydrogen-bond donors (Lipinski definition) is 1. The van der Waals surface area contributed by atoms with Crippen LogP contribution in [0.15, 0.2) is 0 Å². The maximum Gasteiger partial charge on any atom is 0.317 e. The zero-order chi connectivity index (χ0) is 10.9. The normalized spacial score (nSPS) is 31.2. The molecule has 1 saturated heterocycles. The third-order valence-corrected chi connectivity index (χ3v) is 3.73. The highest BCUT2D eigenvalue weighted by atomic mass is 16.2. The van der Waals surface area contributed by atoms with Gasteiger partial charge in [-0.2, -0.15) is 0 Å². The van der Waals surface area contributed by atoms with Gasteiger partial charge in [-0.25, -0.2) is 4.79 Å². The number of nitrogens with one attached hydrogen (secondary N) is 1. The predicted molar refractivity (Wildman–Crippen MR) is 60.8 cm³/mol. The summed E-state index contributed by atoms with van der Waals surface area (Å²) >= 11 is 0. The lowest BCUT2D eigenvalue weighted by atomic mass is 9.74. The highest BCUT2D eigenvalue weighted by Crippen LogP contribution is 2.37. The summed E-state index contributed by atoms with van der Waals surface area (Å²) in [4.78, 5) is 13.8. The molecule has 3 heteroatoms. The van der Waals surface area contributed by atoms with Crippen molar-refractivity contribution in [3.63, 3.8) is 0 Å². The third kappa shape index (κ3) is 2.44. The Morgan fingerprint density at radius 2 is 2.20 bits per heavy atom. The first kappa shape index (κ1) is 10.8. The summed E-state index contributed by atoms with van der Waals surface area (Å²) in [6, 6.07) is 0.637. The average molecular weight is 210 g/mol. The Labute approximate surface area is 92.2 Å². The van der Waals surface area contributed by atoms with Crippen molar-refractivity contribution in [2.24, 2.45) is 5.41 Å². The molecule has 0 spiro atoms. The number of rotatable bonds is 1. The van der Waals surface area contributed by atoms with E-state index in [1.807, 2.05) is 0 Å². The molecule has 0 aromatic heterocycles. The summed E-state index contributed by atoms with van der Waals surface area (Å²) in [5.74, 6) is 0. The molecule has 2 aliphatic rings. The van der Waals surface area contributed by atoms with E-state index < -0.39 is 0 Å². The lowest BCUT2D eigenvalue weighted by Gasteiger charge is -2.42. The van der Waals surface area contributed by atoms with E-state index in [0.29, 0.717) is 11.5 Å². The van der Waals surface area contributed by atoms with Gasteiger partial charge in [0.15, 0.2) is 0 Å². The quantitative estimate of drug-likeness (QED) is 0.708. The van der Waals surface area contributed by atoms with Crippen LogP contribution in [0.4, 0.5) is 4.79 Å². The monoisotopic (exact) mass is 210 g/mol.